The molecule has 0 fully saturated rings. The Kier molecular flexibility index (Phi) is 7.84. The van der Waals surface area contributed by atoms with Crippen LogP contribution in [0.2, 0.25) is 0 Å². The molecule has 0 saturated heterocycles. The second kappa shape index (κ2) is 9.39. The molecule has 1 atom stereocenters. The summed E-state index contributed by atoms with van der Waals surface area (Å²) >= 11 is 0. The molecule has 10 heteroatoms. The highest BCUT2D eigenvalue weighted by Gasteiger charge is 2.24. The van der Waals surface area contributed by atoms with Gasteiger partial charge in [0.15, 0.2) is 11.5 Å². The number of amides is 1. The second-order valence-corrected chi connectivity index (χ2v) is 7.08. The van der Waals surface area contributed by atoms with Crippen LogP contribution in [0.15, 0.2) is 23.1 Å². The van der Waals surface area contributed by atoms with E-state index in [0.29, 0.717) is 19.0 Å². The largest absolute Gasteiger partial charge is 0.490 e. The van der Waals surface area contributed by atoms with Crippen LogP contribution in [0.5, 0.6) is 11.5 Å². The van der Waals surface area contributed by atoms with Crippen molar-refractivity contribution in [1.29, 1.82) is 0 Å². The van der Waals surface area contributed by atoms with Crippen LogP contribution in [0.1, 0.15) is 20.8 Å². The summed E-state index contributed by atoms with van der Waals surface area (Å²) in [6.07, 6.45) is 0. The molecule has 26 heavy (non-hydrogen) atoms. The number of hydrogen-bond acceptors (Lipinski definition) is 6. The summed E-state index contributed by atoms with van der Waals surface area (Å²) in [6, 6.07) is 3.06. The van der Waals surface area contributed by atoms with Gasteiger partial charge in [-0.25, -0.2) is 17.9 Å². The molecule has 1 aromatic carbocycles. The van der Waals surface area contributed by atoms with Gasteiger partial charge < -0.3 is 19.5 Å². The zero-order chi connectivity index (χ0) is 19.9. The first-order valence-electron chi connectivity index (χ1n) is 8.01. The van der Waals surface area contributed by atoms with E-state index < -0.39 is 34.5 Å². The number of aliphatic carboxylic acids is 1. The first kappa shape index (κ1) is 21.7. The van der Waals surface area contributed by atoms with E-state index in [0.717, 1.165) is 4.90 Å². The minimum absolute atomic E-state index is 0.0915. The quantitative estimate of drug-likeness (QED) is 0.605. The van der Waals surface area contributed by atoms with E-state index >= 15 is 0 Å². The van der Waals surface area contributed by atoms with Crippen molar-refractivity contribution in [3.05, 3.63) is 18.2 Å². The number of carboxylic acid groups (broad SMARTS) is 1. The molecule has 1 unspecified atom stereocenters. The van der Waals surface area contributed by atoms with Gasteiger partial charge in [0.1, 0.15) is 6.04 Å². The lowest BCUT2D eigenvalue weighted by Crippen LogP contribution is -2.45. The van der Waals surface area contributed by atoms with Gasteiger partial charge in [-0.05, 0) is 32.9 Å². The molecule has 0 bridgehead atoms. The normalized spacial score (nSPS) is 12.3. The maximum Gasteiger partial charge on any atom is 0.326 e. The maximum atomic E-state index is 12.4. The van der Waals surface area contributed by atoms with Gasteiger partial charge in [0.2, 0.25) is 15.9 Å². The van der Waals surface area contributed by atoms with Crippen LogP contribution in [-0.2, 0) is 19.6 Å². The van der Waals surface area contributed by atoms with Crippen molar-refractivity contribution in [2.24, 2.45) is 0 Å². The number of sulfonamides is 1. The fourth-order valence-corrected chi connectivity index (χ4v) is 2.93. The van der Waals surface area contributed by atoms with E-state index in [9.17, 15) is 18.0 Å². The summed E-state index contributed by atoms with van der Waals surface area (Å²) in [7, 11) is -2.70. The number of hydrogen-bond donors (Lipinski definition) is 2. The molecule has 1 aromatic rings. The zero-order valence-corrected chi connectivity index (χ0v) is 16.0. The maximum absolute atomic E-state index is 12.4. The average molecular weight is 388 g/mol. The summed E-state index contributed by atoms with van der Waals surface area (Å²) in [6.45, 7) is 5.04. The Bertz CT molecular complexity index is 749. The Hall–Kier alpha value is -2.33. The van der Waals surface area contributed by atoms with Gasteiger partial charge in [0.25, 0.3) is 0 Å². The lowest BCUT2D eigenvalue weighted by atomic mass is 10.3. The molecule has 1 rings (SSSR count). The summed E-state index contributed by atoms with van der Waals surface area (Å²) < 4.78 is 37.7. The van der Waals surface area contributed by atoms with Crippen molar-refractivity contribution in [3.63, 3.8) is 0 Å². The highest BCUT2D eigenvalue weighted by molar-refractivity contribution is 7.89. The van der Waals surface area contributed by atoms with Gasteiger partial charge in [-0.3, -0.25) is 4.79 Å². The van der Waals surface area contributed by atoms with Crippen molar-refractivity contribution in [1.82, 2.24) is 9.62 Å². The fraction of sp³-hybridized carbons (Fsp3) is 0.500. The van der Waals surface area contributed by atoms with Gasteiger partial charge in [-0.15, -0.1) is 0 Å². The first-order chi connectivity index (χ1) is 12.1. The van der Waals surface area contributed by atoms with Crippen molar-refractivity contribution < 1.29 is 32.6 Å². The van der Waals surface area contributed by atoms with Crippen LogP contribution >= 0.6 is 0 Å². The predicted octanol–water partition coefficient (Wildman–Crippen LogP) is 0.694. The van der Waals surface area contributed by atoms with Crippen molar-refractivity contribution in [2.45, 2.75) is 31.7 Å². The third-order valence-corrected chi connectivity index (χ3v) is 4.97. The number of carbonyl (C=O) groups is 2. The Morgan fingerprint density at radius 2 is 1.77 bits per heavy atom. The van der Waals surface area contributed by atoms with Crippen LogP contribution in [0.4, 0.5) is 0 Å². The number of rotatable bonds is 10. The van der Waals surface area contributed by atoms with Gasteiger partial charge in [-0.2, -0.15) is 0 Å². The molecule has 1 amide bonds. The van der Waals surface area contributed by atoms with E-state index in [1.54, 1.807) is 13.8 Å². The van der Waals surface area contributed by atoms with Crippen molar-refractivity contribution >= 4 is 21.9 Å². The first-order valence-corrected chi connectivity index (χ1v) is 9.50. The zero-order valence-electron chi connectivity index (χ0n) is 15.2. The van der Waals surface area contributed by atoms with E-state index in [4.69, 9.17) is 14.6 Å². The Morgan fingerprint density at radius 1 is 1.19 bits per heavy atom. The molecule has 0 radical (unpaired) electrons. The molecule has 0 aliphatic heterocycles. The van der Waals surface area contributed by atoms with E-state index in [1.807, 2.05) is 0 Å². The lowest BCUT2D eigenvalue weighted by molar-refractivity contribution is -0.147. The van der Waals surface area contributed by atoms with Gasteiger partial charge in [0.05, 0.1) is 24.7 Å². The Labute approximate surface area is 152 Å². The Balaban J connectivity index is 2.92. The molecule has 0 heterocycles. The number of carboxylic acids is 1. The van der Waals surface area contributed by atoms with E-state index in [1.165, 1.54) is 32.2 Å². The standard InChI is InChI=1S/C16H24N2O7S/c1-5-24-13-8-7-12(9-14(13)25-6-2)26(22,23)17-10-15(19)18(4)11(3)16(20)21/h7-9,11,17H,5-6,10H2,1-4H3,(H,20,21). The third-order valence-electron chi connectivity index (χ3n) is 3.57. The molecule has 2 N–H and O–H groups in total. The smallest absolute Gasteiger partial charge is 0.326 e. The predicted molar refractivity (Wildman–Crippen MR) is 93.8 cm³/mol. The molecule has 0 saturated carbocycles. The molecule has 0 aromatic heterocycles. The van der Waals surface area contributed by atoms with Gasteiger partial charge in [0, 0.05) is 13.1 Å². The minimum Gasteiger partial charge on any atom is -0.490 e. The number of likely N-dealkylation sites (N-methyl/N-ethyl adjacent to an activating group) is 1. The summed E-state index contributed by atoms with van der Waals surface area (Å²) in [5, 5.41) is 8.90. The molecular formula is C16H24N2O7S. The minimum atomic E-state index is -3.99. The van der Waals surface area contributed by atoms with Crippen molar-refractivity contribution in [3.8, 4) is 11.5 Å². The molecule has 146 valence electrons. The summed E-state index contributed by atoms with van der Waals surface area (Å²) in [4.78, 5) is 23.7. The van der Waals surface area contributed by atoms with Crippen LogP contribution in [0.25, 0.3) is 0 Å². The highest BCUT2D eigenvalue weighted by Crippen LogP contribution is 2.30. The number of nitrogens with one attached hydrogen (secondary N) is 1. The van der Waals surface area contributed by atoms with Crippen LogP contribution in [0, 0.1) is 0 Å². The van der Waals surface area contributed by atoms with Crippen LogP contribution in [0.3, 0.4) is 0 Å². The summed E-state index contributed by atoms with van der Waals surface area (Å²) in [5.41, 5.74) is 0. The number of ether oxygens (including phenoxy) is 2. The second-order valence-electron chi connectivity index (χ2n) is 5.32. The molecular weight excluding hydrogens is 364 g/mol. The monoisotopic (exact) mass is 388 g/mol. The van der Waals surface area contributed by atoms with Crippen molar-refractivity contribution in [2.75, 3.05) is 26.8 Å². The average Bonchev–Trinajstić information content (AvgIpc) is 2.60. The van der Waals surface area contributed by atoms with E-state index in [-0.39, 0.29) is 10.6 Å². The topological polar surface area (TPSA) is 122 Å². The van der Waals surface area contributed by atoms with Crippen LogP contribution in [-0.4, -0.2) is 63.1 Å². The van der Waals surface area contributed by atoms with Crippen LogP contribution < -0.4 is 14.2 Å². The third kappa shape index (κ3) is 5.60. The molecule has 0 aliphatic carbocycles. The van der Waals surface area contributed by atoms with Gasteiger partial charge >= 0.3 is 5.97 Å². The number of nitrogens with zero attached hydrogens (tertiary/aromatic N) is 1. The number of carbonyl (C=O) groups excluding carboxylic acids is 1. The van der Waals surface area contributed by atoms with Gasteiger partial charge in [-0.1, -0.05) is 0 Å². The molecule has 9 nitrogen and oxygen atoms in total. The fourth-order valence-electron chi connectivity index (χ4n) is 1.95. The Morgan fingerprint density at radius 3 is 2.31 bits per heavy atom. The lowest BCUT2D eigenvalue weighted by Gasteiger charge is -2.21. The SMILES string of the molecule is CCOc1ccc(S(=O)(=O)NCC(=O)N(C)C(C)C(=O)O)cc1OCC. The number of benzene rings is 1. The van der Waals surface area contributed by atoms with E-state index in [2.05, 4.69) is 4.72 Å². The molecule has 0 aliphatic rings. The summed E-state index contributed by atoms with van der Waals surface area (Å²) in [5.74, 6) is -1.16. The molecule has 0 spiro atoms. The highest BCUT2D eigenvalue weighted by atomic mass is 32.2.